The highest BCUT2D eigenvalue weighted by molar-refractivity contribution is 5.81. The molecule has 0 bridgehead atoms. The van der Waals surface area contributed by atoms with Gasteiger partial charge in [0.2, 0.25) is 11.8 Å². The maximum Gasteiger partial charge on any atom is 0.223 e. The Morgan fingerprint density at radius 1 is 1.00 bits per heavy atom. The standard InChI is InChI=1S/C23H26N2O3/c1-15(27)25-20(13-24-23(28)19-11-12-19)22(21(25)14-26)18-9-7-17(8-10-18)16-5-3-2-4-6-16/h2-10,19-22,26H,11-14H2,1H3,(H,24,28)/t20-,21+,22+/m0/s1. The maximum atomic E-state index is 12.1. The first-order chi connectivity index (χ1) is 13.6. The van der Waals surface area contributed by atoms with E-state index in [0.717, 1.165) is 29.5 Å². The Labute approximate surface area is 165 Å². The van der Waals surface area contributed by atoms with Crippen molar-refractivity contribution in [3.8, 4) is 11.1 Å². The van der Waals surface area contributed by atoms with Gasteiger partial charge in [0.05, 0.1) is 18.7 Å². The van der Waals surface area contributed by atoms with Gasteiger partial charge >= 0.3 is 0 Å². The van der Waals surface area contributed by atoms with E-state index in [-0.39, 0.29) is 42.3 Å². The molecule has 2 fully saturated rings. The average Bonchev–Trinajstić information content (AvgIpc) is 3.53. The van der Waals surface area contributed by atoms with Crippen LogP contribution in [0.15, 0.2) is 54.6 Å². The molecule has 1 saturated carbocycles. The van der Waals surface area contributed by atoms with Gasteiger partial charge < -0.3 is 15.3 Å². The van der Waals surface area contributed by atoms with Crippen LogP contribution in [0.2, 0.25) is 0 Å². The molecular weight excluding hydrogens is 352 g/mol. The van der Waals surface area contributed by atoms with Crippen molar-refractivity contribution < 1.29 is 14.7 Å². The largest absolute Gasteiger partial charge is 0.394 e. The fraction of sp³-hybridized carbons (Fsp3) is 0.391. The second-order valence-electron chi connectivity index (χ2n) is 7.78. The Bertz CT molecular complexity index is 846. The number of amides is 2. The summed E-state index contributed by atoms with van der Waals surface area (Å²) >= 11 is 0. The van der Waals surface area contributed by atoms with E-state index in [9.17, 15) is 14.7 Å². The molecule has 1 heterocycles. The van der Waals surface area contributed by atoms with Crippen LogP contribution in [0.25, 0.3) is 11.1 Å². The predicted octanol–water partition coefficient (Wildman–Crippen LogP) is 2.56. The highest BCUT2D eigenvalue weighted by atomic mass is 16.3. The summed E-state index contributed by atoms with van der Waals surface area (Å²) in [5, 5.41) is 12.9. The third-order valence-electron chi connectivity index (χ3n) is 5.93. The predicted molar refractivity (Wildman–Crippen MR) is 108 cm³/mol. The third-order valence-corrected chi connectivity index (χ3v) is 5.93. The summed E-state index contributed by atoms with van der Waals surface area (Å²) < 4.78 is 0. The molecular formula is C23H26N2O3. The maximum absolute atomic E-state index is 12.1. The first-order valence-corrected chi connectivity index (χ1v) is 9.93. The summed E-state index contributed by atoms with van der Waals surface area (Å²) in [6, 6.07) is 18.1. The summed E-state index contributed by atoms with van der Waals surface area (Å²) in [4.78, 5) is 25.9. The van der Waals surface area contributed by atoms with Crippen molar-refractivity contribution in [1.82, 2.24) is 10.2 Å². The molecule has 0 aromatic heterocycles. The van der Waals surface area contributed by atoms with Gasteiger partial charge in [0.25, 0.3) is 0 Å². The Morgan fingerprint density at radius 3 is 2.21 bits per heavy atom. The van der Waals surface area contributed by atoms with E-state index in [2.05, 4.69) is 41.7 Å². The quantitative estimate of drug-likeness (QED) is 0.812. The molecule has 4 rings (SSSR count). The van der Waals surface area contributed by atoms with Crippen molar-refractivity contribution >= 4 is 11.8 Å². The van der Waals surface area contributed by atoms with Crippen molar-refractivity contribution in [2.75, 3.05) is 13.2 Å². The van der Waals surface area contributed by atoms with Crippen molar-refractivity contribution in [3.63, 3.8) is 0 Å². The fourth-order valence-electron chi connectivity index (χ4n) is 4.31. The van der Waals surface area contributed by atoms with Crippen LogP contribution in [0.1, 0.15) is 31.2 Å². The van der Waals surface area contributed by atoms with E-state index in [1.165, 1.54) is 6.92 Å². The minimum atomic E-state index is -0.247. The van der Waals surface area contributed by atoms with Crippen LogP contribution in [-0.4, -0.2) is 47.1 Å². The molecule has 0 spiro atoms. The summed E-state index contributed by atoms with van der Waals surface area (Å²) in [6.07, 6.45) is 1.91. The van der Waals surface area contributed by atoms with Gasteiger partial charge in [-0.1, -0.05) is 54.6 Å². The van der Waals surface area contributed by atoms with E-state index in [1.54, 1.807) is 4.90 Å². The summed E-state index contributed by atoms with van der Waals surface area (Å²) in [7, 11) is 0. The zero-order valence-electron chi connectivity index (χ0n) is 16.0. The number of nitrogens with zero attached hydrogens (tertiary/aromatic N) is 1. The second-order valence-corrected chi connectivity index (χ2v) is 7.78. The lowest BCUT2D eigenvalue weighted by Gasteiger charge is -2.54. The second kappa shape index (κ2) is 7.76. The molecule has 3 atom stereocenters. The molecule has 0 unspecified atom stereocenters. The first kappa shape index (κ1) is 18.7. The highest BCUT2D eigenvalue weighted by Gasteiger charge is 2.50. The van der Waals surface area contributed by atoms with Gasteiger partial charge in [-0.05, 0) is 29.5 Å². The molecule has 2 aliphatic rings. The molecule has 0 radical (unpaired) electrons. The molecule has 5 nitrogen and oxygen atoms in total. The Hall–Kier alpha value is -2.66. The van der Waals surface area contributed by atoms with E-state index in [1.807, 2.05) is 18.2 Å². The number of benzene rings is 2. The monoisotopic (exact) mass is 378 g/mol. The average molecular weight is 378 g/mol. The van der Waals surface area contributed by atoms with E-state index in [0.29, 0.717) is 6.54 Å². The fourth-order valence-corrected chi connectivity index (χ4v) is 4.31. The Kier molecular flexibility index (Phi) is 5.18. The van der Waals surface area contributed by atoms with Crippen LogP contribution < -0.4 is 5.32 Å². The SMILES string of the molecule is CC(=O)N1[C@H](CO)[C@H](c2ccc(-c3ccccc3)cc2)[C@@H]1CNC(=O)C1CC1. The van der Waals surface area contributed by atoms with E-state index >= 15 is 0 Å². The van der Waals surface area contributed by atoms with Crippen LogP contribution in [0.5, 0.6) is 0 Å². The number of hydrogen-bond donors (Lipinski definition) is 2. The molecule has 5 heteroatoms. The molecule has 28 heavy (non-hydrogen) atoms. The minimum absolute atomic E-state index is 0.0122. The van der Waals surface area contributed by atoms with Crippen molar-refractivity contribution in [3.05, 3.63) is 60.2 Å². The van der Waals surface area contributed by atoms with Gasteiger partial charge in [0, 0.05) is 25.3 Å². The number of aliphatic hydroxyl groups is 1. The number of hydrogen-bond acceptors (Lipinski definition) is 3. The number of rotatable bonds is 6. The molecule has 2 amide bonds. The molecule has 2 aromatic rings. The van der Waals surface area contributed by atoms with Gasteiger partial charge in [-0.2, -0.15) is 0 Å². The molecule has 1 saturated heterocycles. The molecule has 2 aromatic carbocycles. The lowest BCUT2D eigenvalue weighted by atomic mass is 9.74. The van der Waals surface area contributed by atoms with E-state index in [4.69, 9.17) is 0 Å². The first-order valence-electron chi connectivity index (χ1n) is 9.93. The smallest absolute Gasteiger partial charge is 0.223 e. The summed E-state index contributed by atoms with van der Waals surface area (Å²) in [5.41, 5.74) is 3.37. The zero-order valence-corrected chi connectivity index (χ0v) is 16.0. The van der Waals surface area contributed by atoms with Crippen LogP contribution in [0, 0.1) is 5.92 Å². The molecule has 146 valence electrons. The number of likely N-dealkylation sites (tertiary alicyclic amines) is 1. The number of carbonyl (C=O) groups excluding carboxylic acids is 2. The van der Waals surface area contributed by atoms with Gasteiger partial charge in [-0.3, -0.25) is 9.59 Å². The molecule has 1 aliphatic carbocycles. The van der Waals surface area contributed by atoms with Crippen molar-refractivity contribution in [1.29, 1.82) is 0 Å². The van der Waals surface area contributed by atoms with Crippen LogP contribution in [0.3, 0.4) is 0 Å². The Balaban J connectivity index is 1.54. The van der Waals surface area contributed by atoms with E-state index < -0.39 is 0 Å². The Morgan fingerprint density at radius 2 is 1.64 bits per heavy atom. The van der Waals surface area contributed by atoms with Crippen molar-refractivity contribution in [2.45, 2.75) is 37.8 Å². The normalized spacial score (nSPS) is 23.8. The van der Waals surface area contributed by atoms with Gasteiger partial charge in [0.15, 0.2) is 0 Å². The van der Waals surface area contributed by atoms with Gasteiger partial charge in [-0.25, -0.2) is 0 Å². The lowest BCUT2D eigenvalue weighted by Crippen LogP contribution is -2.68. The summed E-state index contributed by atoms with van der Waals surface area (Å²) in [6.45, 7) is 1.86. The number of nitrogens with one attached hydrogen (secondary N) is 1. The van der Waals surface area contributed by atoms with Gasteiger partial charge in [0.1, 0.15) is 0 Å². The number of carbonyl (C=O) groups is 2. The molecule has 1 aliphatic heterocycles. The van der Waals surface area contributed by atoms with Gasteiger partial charge in [-0.15, -0.1) is 0 Å². The van der Waals surface area contributed by atoms with Crippen LogP contribution in [-0.2, 0) is 9.59 Å². The third kappa shape index (κ3) is 3.54. The topological polar surface area (TPSA) is 69.6 Å². The van der Waals surface area contributed by atoms with Crippen LogP contribution in [0.4, 0.5) is 0 Å². The number of aliphatic hydroxyl groups excluding tert-OH is 1. The summed E-state index contributed by atoms with van der Waals surface area (Å²) in [5.74, 6) is 0.164. The highest BCUT2D eigenvalue weighted by Crippen LogP contribution is 2.41. The molecule has 2 N–H and O–H groups in total. The zero-order chi connectivity index (χ0) is 19.7. The lowest BCUT2D eigenvalue weighted by molar-refractivity contribution is -0.148. The van der Waals surface area contributed by atoms with Crippen LogP contribution >= 0.6 is 0 Å². The minimum Gasteiger partial charge on any atom is -0.394 e. The van der Waals surface area contributed by atoms with Crippen molar-refractivity contribution in [2.24, 2.45) is 5.92 Å².